The molecule has 3 saturated heterocycles. The average Bonchev–Trinajstić information content (AvgIpc) is 3.46. The smallest absolute Gasteiger partial charge is 0.257 e. The normalized spacial score (nSPS) is 24.3. The van der Waals surface area contributed by atoms with Crippen LogP contribution in [0.5, 0.6) is 5.75 Å². The van der Waals surface area contributed by atoms with Crippen LogP contribution in [0.25, 0.3) is 0 Å². The van der Waals surface area contributed by atoms with E-state index in [1.807, 2.05) is 11.0 Å². The van der Waals surface area contributed by atoms with Crippen LogP contribution < -0.4 is 25.2 Å². The van der Waals surface area contributed by atoms with E-state index >= 15 is 4.39 Å². The van der Waals surface area contributed by atoms with E-state index in [9.17, 15) is 24.3 Å². The zero-order valence-corrected chi connectivity index (χ0v) is 32.7. The van der Waals surface area contributed by atoms with Crippen molar-refractivity contribution in [3.8, 4) is 11.8 Å². The molecule has 1 aliphatic carbocycles. The van der Waals surface area contributed by atoms with Crippen LogP contribution in [-0.2, 0) is 9.59 Å². The van der Waals surface area contributed by atoms with Crippen molar-refractivity contribution in [2.45, 2.75) is 75.8 Å². The number of nitrogens with zero attached hydrogens (tertiary/aromatic N) is 7. The number of anilines is 2. The number of aromatic nitrogens is 2. The number of hydrogen-bond acceptors (Lipinski definition) is 12. The highest BCUT2D eigenvalue weighted by Gasteiger charge is 2.45. The van der Waals surface area contributed by atoms with Gasteiger partial charge in [0.1, 0.15) is 23.7 Å². The Bertz CT molecular complexity index is 2110. The van der Waals surface area contributed by atoms with Crippen molar-refractivity contribution in [1.82, 2.24) is 30.4 Å². The van der Waals surface area contributed by atoms with Gasteiger partial charge in [-0.1, -0.05) is 11.6 Å². The molecule has 0 radical (unpaired) electrons. The maximum absolute atomic E-state index is 15.4. The summed E-state index contributed by atoms with van der Waals surface area (Å²) in [6.45, 7) is 5.14. The molecule has 0 bridgehead atoms. The maximum Gasteiger partial charge on any atom is 0.257 e. The number of rotatable bonds is 9. The number of aliphatic hydroxyl groups excluding tert-OH is 1. The summed E-state index contributed by atoms with van der Waals surface area (Å²) in [6, 6.07) is 8.80. The van der Waals surface area contributed by atoms with Gasteiger partial charge in [0, 0.05) is 82.3 Å². The van der Waals surface area contributed by atoms with Crippen LogP contribution in [0.4, 0.5) is 16.0 Å². The number of nitrogens with one attached hydrogen (secondary N) is 2. The summed E-state index contributed by atoms with van der Waals surface area (Å²) in [7, 11) is 0. The number of hydrogen-bond donors (Lipinski definition) is 3. The molecule has 2 atom stereocenters. The van der Waals surface area contributed by atoms with Crippen LogP contribution >= 0.6 is 11.6 Å². The van der Waals surface area contributed by atoms with E-state index in [4.69, 9.17) is 21.6 Å². The molecule has 0 spiro atoms. The molecule has 1 aromatic heterocycles. The van der Waals surface area contributed by atoms with Crippen molar-refractivity contribution in [3.63, 3.8) is 0 Å². The van der Waals surface area contributed by atoms with Crippen molar-refractivity contribution in [2.75, 3.05) is 55.6 Å². The van der Waals surface area contributed by atoms with Crippen LogP contribution in [0.15, 0.2) is 42.7 Å². The number of carbonyl (C=O) groups is 4. The van der Waals surface area contributed by atoms with Gasteiger partial charge in [0.2, 0.25) is 17.8 Å². The highest BCUT2D eigenvalue weighted by molar-refractivity contribution is 6.31. The number of piperazine rings is 1. The molecule has 58 heavy (non-hydrogen) atoms. The van der Waals surface area contributed by atoms with Gasteiger partial charge in [-0.3, -0.25) is 34.3 Å². The summed E-state index contributed by atoms with van der Waals surface area (Å²) in [4.78, 5) is 66.8. The molecular weight excluding hydrogens is 769 g/mol. The standard InChI is InChI=1S/C41H45ClFN9O6/c42-32-17-29(4-1-25(32)20-44)58-28-5-2-27(3-6-28)47-37(54)26-21-45-41(46-22-26)51-11-9-24(10-12-51)23-49-13-15-50(16-14-49)35-19-31-30(18-33(35)43)39(56)52(40(31)57)34-7-8-36(53)48-38(34)55/h1,4,17-19,21-22,24,27-28,34,40,57H,2-3,5-16,23H2,(H,47,54)(H,48,53,55)/t27-,28-,34?,40?. The van der Waals surface area contributed by atoms with Gasteiger partial charge >= 0.3 is 0 Å². The third-order valence-corrected chi connectivity index (χ3v) is 12.4. The first kappa shape index (κ1) is 39.5. The van der Waals surface area contributed by atoms with E-state index in [0.29, 0.717) is 52.5 Å². The monoisotopic (exact) mass is 813 g/mol. The Labute approximate surface area is 340 Å². The van der Waals surface area contributed by atoms with E-state index in [2.05, 4.69) is 30.4 Å². The first-order valence-electron chi connectivity index (χ1n) is 19.9. The molecule has 2 aromatic carbocycles. The van der Waals surface area contributed by atoms with E-state index < -0.39 is 35.8 Å². The molecule has 15 nitrogen and oxygen atoms in total. The largest absolute Gasteiger partial charge is 0.490 e. The van der Waals surface area contributed by atoms with E-state index in [1.54, 1.807) is 30.6 Å². The Morgan fingerprint density at radius 1 is 0.966 bits per heavy atom. The SMILES string of the molecule is N#Cc1ccc(O[C@H]2CC[C@H](NC(=O)c3cnc(N4CCC(CN5CCN(c6cc7c(cc6F)C(=O)N(C6CCC(=O)NC6=O)C7O)CC5)CC4)nc3)CC2)cc1Cl. The van der Waals surface area contributed by atoms with E-state index in [1.165, 1.54) is 6.07 Å². The zero-order chi connectivity index (χ0) is 40.5. The van der Waals surface area contributed by atoms with E-state index in [0.717, 1.165) is 82.2 Å². The minimum Gasteiger partial charge on any atom is -0.490 e. The number of carbonyl (C=O) groups excluding carboxylic acids is 4. The second-order valence-electron chi connectivity index (χ2n) is 15.8. The molecular formula is C41H45ClFN9O6. The summed E-state index contributed by atoms with van der Waals surface area (Å²) in [5.41, 5.74) is 1.43. The third kappa shape index (κ3) is 8.29. The molecule has 4 fully saturated rings. The fraction of sp³-hybridized carbons (Fsp3) is 0.488. The van der Waals surface area contributed by atoms with Crippen molar-refractivity contribution in [3.05, 3.63) is 75.8 Å². The van der Waals surface area contributed by atoms with Gasteiger partial charge in [0.25, 0.3) is 11.8 Å². The van der Waals surface area contributed by atoms with Gasteiger partial charge < -0.3 is 25.0 Å². The van der Waals surface area contributed by atoms with Gasteiger partial charge in [-0.2, -0.15) is 5.26 Å². The Morgan fingerprint density at radius 3 is 2.36 bits per heavy atom. The zero-order valence-electron chi connectivity index (χ0n) is 31.9. The van der Waals surface area contributed by atoms with Crippen molar-refractivity contribution in [2.24, 2.45) is 5.92 Å². The van der Waals surface area contributed by atoms with Crippen LogP contribution in [0.1, 0.15) is 89.4 Å². The lowest BCUT2D eigenvalue weighted by Crippen LogP contribution is -2.53. The number of fused-ring (bicyclic) bond motifs is 1. The molecule has 3 N–H and O–H groups in total. The molecule has 1 saturated carbocycles. The number of imide groups is 1. The second kappa shape index (κ2) is 16.8. The van der Waals surface area contributed by atoms with Gasteiger partial charge in [-0.05, 0) is 75.1 Å². The summed E-state index contributed by atoms with van der Waals surface area (Å²) in [6.07, 6.45) is 6.97. The van der Waals surface area contributed by atoms with Crippen molar-refractivity contribution in [1.29, 1.82) is 5.26 Å². The highest BCUT2D eigenvalue weighted by atomic mass is 35.5. The third-order valence-electron chi connectivity index (χ3n) is 12.1. The number of nitriles is 1. The fourth-order valence-electron chi connectivity index (χ4n) is 8.78. The first-order chi connectivity index (χ1) is 28.0. The lowest BCUT2D eigenvalue weighted by Gasteiger charge is -2.39. The highest BCUT2D eigenvalue weighted by Crippen LogP contribution is 2.39. The number of aliphatic hydroxyl groups is 1. The van der Waals surface area contributed by atoms with Crippen LogP contribution in [0, 0.1) is 23.1 Å². The van der Waals surface area contributed by atoms with Crippen LogP contribution in [0.2, 0.25) is 5.02 Å². The summed E-state index contributed by atoms with van der Waals surface area (Å²) >= 11 is 6.14. The Hall–Kier alpha value is -5.37. The molecule has 8 rings (SSSR count). The van der Waals surface area contributed by atoms with Gasteiger partial charge in [-0.15, -0.1) is 0 Å². The molecule has 3 aromatic rings. The minimum atomic E-state index is -1.41. The lowest BCUT2D eigenvalue weighted by atomic mass is 9.92. The number of benzene rings is 2. The van der Waals surface area contributed by atoms with Gasteiger partial charge in [0.05, 0.1) is 33.5 Å². The Kier molecular flexibility index (Phi) is 11.5. The molecule has 2 unspecified atom stereocenters. The number of amides is 4. The first-order valence-corrected chi connectivity index (χ1v) is 20.3. The predicted molar refractivity (Wildman–Crippen MR) is 210 cm³/mol. The maximum atomic E-state index is 15.4. The lowest BCUT2D eigenvalue weighted by molar-refractivity contribution is -0.139. The molecule has 17 heteroatoms. The molecule has 5 aliphatic rings. The molecule has 4 aliphatic heterocycles. The summed E-state index contributed by atoms with van der Waals surface area (Å²) in [5, 5.41) is 25.9. The van der Waals surface area contributed by atoms with Crippen molar-refractivity contribution < 1.29 is 33.4 Å². The topological polar surface area (TPSA) is 184 Å². The average molecular weight is 814 g/mol. The number of piperidine rings is 2. The molecule has 304 valence electrons. The second-order valence-corrected chi connectivity index (χ2v) is 16.2. The van der Waals surface area contributed by atoms with Crippen molar-refractivity contribution >= 4 is 46.9 Å². The summed E-state index contributed by atoms with van der Waals surface area (Å²) in [5.74, 6) is -0.738. The van der Waals surface area contributed by atoms with E-state index in [-0.39, 0.29) is 42.0 Å². The predicted octanol–water partition coefficient (Wildman–Crippen LogP) is 3.55. The number of halogens is 2. The van der Waals surface area contributed by atoms with Crippen LogP contribution in [0.3, 0.4) is 0 Å². The number of ether oxygens (including phenoxy) is 1. The van der Waals surface area contributed by atoms with Gasteiger partial charge in [-0.25, -0.2) is 14.4 Å². The van der Waals surface area contributed by atoms with Gasteiger partial charge in [0.15, 0.2) is 6.23 Å². The minimum absolute atomic E-state index is 0.0109. The molecule has 4 amide bonds. The molecule has 5 heterocycles. The Morgan fingerprint density at radius 2 is 1.69 bits per heavy atom. The quantitative estimate of drug-likeness (QED) is 0.268. The van der Waals surface area contributed by atoms with Crippen LogP contribution in [-0.4, -0.2) is 113 Å². The summed E-state index contributed by atoms with van der Waals surface area (Å²) < 4.78 is 21.5. The fourth-order valence-corrected chi connectivity index (χ4v) is 8.99. The Balaban J connectivity index is 0.763.